The van der Waals surface area contributed by atoms with Crippen molar-refractivity contribution in [1.82, 2.24) is 9.88 Å². The number of ether oxygens (including phenoxy) is 1. The monoisotopic (exact) mass is 244 g/mol. The average Bonchev–Trinajstić information content (AvgIpc) is 3.04. The molecule has 1 aromatic carbocycles. The second-order valence-electron chi connectivity index (χ2n) is 4.58. The van der Waals surface area contributed by atoms with Crippen LogP contribution in [0.2, 0.25) is 0 Å². The van der Waals surface area contributed by atoms with Crippen molar-refractivity contribution in [2.45, 2.75) is 12.8 Å². The molecule has 1 aromatic heterocycles. The van der Waals surface area contributed by atoms with Gasteiger partial charge in [0.1, 0.15) is 5.69 Å². The van der Waals surface area contributed by atoms with Crippen LogP contribution >= 0.6 is 0 Å². The lowest BCUT2D eigenvalue weighted by Crippen LogP contribution is -2.28. The highest BCUT2D eigenvalue weighted by atomic mass is 16.5. The van der Waals surface area contributed by atoms with Gasteiger partial charge in [0.05, 0.1) is 7.11 Å². The largest absolute Gasteiger partial charge is 0.494 e. The van der Waals surface area contributed by atoms with Crippen LogP contribution in [0.5, 0.6) is 5.75 Å². The number of aromatic amines is 1. The standard InChI is InChI=1S/C14H16N2O2/c1-18-13-10-6-2-3-7-11(10)15-12(13)14(17)16-8-4-5-9-16/h2-3,6-7,15H,4-5,8-9H2,1H3. The van der Waals surface area contributed by atoms with Gasteiger partial charge in [0.25, 0.3) is 5.91 Å². The Labute approximate surface area is 106 Å². The van der Waals surface area contributed by atoms with Crippen LogP contribution in [0.15, 0.2) is 24.3 Å². The van der Waals surface area contributed by atoms with Crippen LogP contribution in [0.3, 0.4) is 0 Å². The van der Waals surface area contributed by atoms with Crippen molar-refractivity contribution in [1.29, 1.82) is 0 Å². The zero-order valence-corrected chi connectivity index (χ0v) is 10.4. The summed E-state index contributed by atoms with van der Waals surface area (Å²) in [5.41, 5.74) is 1.51. The van der Waals surface area contributed by atoms with Crippen LogP contribution in [-0.4, -0.2) is 36.0 Å². The number of nitrogens with one attached hydrogen (secondary N) is 1. The molecule has 18 heavy (non-hydrogen) atoms. The third-order valence-corrected chi connectivity index (χ3v) is 3.47. The number of likely N-dealkylation sites (tertiary alicyclic amines) is 1. The van der Waals surface area contributed by atoms with Gasteiger partial charge >= 0.3 is 0 Å². The number of hydrogen-bond donors (Lipinski definition) is 1. The van der Waals surface area contributed by atoms with Crippen LogP contribution in [0.1, 0.15) is 23.3 Å². The predicted molar refractivity (Wildman–Crippen MR) is 70.0 cm³/mol. The number of carbonyl (C=O) groups excluding carboxylic acids is 1. The lowest BCUT2D eigenvalue weighted by Gasteiger charge is -2.14. The minimum absolute atomic E-state index is 0.0422. The van der Waals surface area contributed by atoms with Gasteiger partial charge in [-0.2, -0.15) is 0 Å². The molecule has 0 saturated carbocycles. The van der Waals surface area contributed by atoms with Crippen LogP contribution in [0.4, 0.5) is 0 Å². The highest BCUT2D eigenvalue weighted by molar-refractivity contribution is 6.03. The molecule has 94 valence electrons. The Morgan fingerprint density at radius 1 is 1.28 bits per heavy atom. The molecule has 2 aromatic rings. The first kappa shape index (κ1) is 11.1. The summed E-state index contributed by atoms with van der Waals surface area (Å²) in [7, 11) is 1.61. The maximum atomic E-state index is 12.4. The lowest BCUT2D eigenvalue weighted by molar-refractivity contribution is 0.0784. The summed E-state index contributed by atoms with van der Waals surface area (Å²) in [5.74, 6) is 0.697. The first-order chi connectivity index (χ1) is 8.81. The van der Waals surface area contributed by atoms with E-state index < -0.39 is 0 Å². The molecule has 2 heterocycles. The first-order valence-electron chi connectivity index (χ1n) is 6.25. The minimum atomic E-state index is 0.0422. The Kier molecular flexibility index (Phi) is 2.70. The number of fused-ring (bicyclic) bond motifs is 1. The third-order valence-electron chi connectivity index (χ3n) is 3.47. The molecular formula is C14H16N2O2. The third kappa shape index (κ3) is 1.65. The Bertz CT molecular complexity index is 582. The van der Waals surface area contributed by atoms with Crippen molar-refractivity contribution >= 4 is 16.8 Å². The highest BCUT2D eigenvalue weighted by Crippen LogP contribution is 2.31. The van der Waals surface area contributed by atoms with E-state index in [1.807, 2.05) is 29.2 Å². The molecule has 0 aliphatic carbocycles. The molecule has 0 radical (unpaired) electrons. The summed E-state index contributed by atoms with van der Waals surface area (Å²) in [5, 5.41) is 0.961. The molecule has 1 saturated heterocycles. The number of nitrogens with zero attached hydrogens (tertiary/aromatic N) is 1. The summed E-state index contributed by atoms with van der Waals surface area (Å²) in [6.45, 7) is 1.69. The first-order valence-corrected chi connectivity index (χ1v) is 6.25. The van der Waals surface area contributed by atoms with E-state index in [4.69, 9.17) is 4.74 Å². The van der Waals surface area contributed by atoms with E-state index in [0.29, 0.717) is 11.4 Å². The van der Waals surface area contributed by atoms with Crippen molar-refractivity contribution < 1.29 is 9.53 Å². The van der Waals surface area contributed by atoms with Gasteiger partial charge in [0.15, 0.2) is 5.75 Å². The van der Waals surface area contributed by atoms with Crippen molar-refractivity contribution in [3.63, 3.8) is 0 Å². The smallest absolute Gasteiger partial charge is 0.274 e. The van der Waals surface area contributed by atoms with Gasteiger partial charge in [-0.25, -0.2) is 0 Å². The zero-order chi connectivity index (χ0) is 12.5. The van der Waals surface area contributed by atoms with Crippen LogP contribution in [0.25, 0.3) is 10.9 Å². The Morgan fingerprint density at radius 2 is 2.00 bits per heavy atom. The molecule has 4 heteroatoms. The number of rotatable bonds is 2. The summed E-state index contributed by atoms with van der Waals surface area (Å²) in [6, 6.07) is 7.81. The molecule has 0 atom stereocenters. The molecule has 1 aliphatic heterocycles. The van der Waals surface area contributed by atoms with E-state index in [1.165, 1.54) is 0 Å². The second-order valence-corrected chi connectivity index (χ2v) is 4.58. The number of benzene rings is 1. The van der Waals surface area contributed by atoms with Crippen molar-refractivity contribution in [2.75, 3.05) is 20.2 Å². The van der Waals surface area contributed by atoms with E-state index in [1.54, 1.807) is 7.11 Å². The molecular weight excluding hydrogens is 228 g/mol. The molecule has 4 nitrogen and oxygen atoms in total. The molecule has 1 aliphatic rings. The predicted octanol–water partition coefficient (Wildman–Crippen LogP) is 2.41. The highest BCUT2D eigenvalue weighted by Gasteiger charge is 2.25. The number of para-hydroxylation sites is 1. The lowest BCUT2D eigenvalue weighted by atomic mass is 10.2. The topological polar surface area (TPSA) is 45.3 Å². The number of hydrogen-bond acceptors (Lipinski definition) is 2. The van der Waals surface area contributed by atoms with Crippen LogP contribution in [-0.2, 0) is 0 Å². The summed E-state index contributed by atoms with van der Waals surface area (Å²) >= 11 is 0. The number of carbonyl (C=O) groups is 1. The molecule has 1 fully saturated rings. The van der Waals surface area contributed by atoms with Gasteiger partial charge in [-0.05, 0) is 25.0 Å². The summed E-state index contributed by atoms with van der Waals surface area (Å²) < 4.78 is 5.40. The van der Waals surface area contributed by atoms with Gasteiger partial charge < -0.3 is 14.6 Å². The van der Waals surface area contributed by atoms with Crippen LogP contribution in [0, 0.1) is 0 Å². The van der Waals surface area contributed by atoms with E-state index in [0.717, 1.165) is 36.8 Å². The van der Waals surface area contributed by atoms with Crippen LogP contribution < -0.4 is 4.74 Å². The van der Waals surface area contributed by atoms with Gasteiger partial charge in [0.2, 0.25) is 0 Å². The SMILES string of the molecule is COc1c(C(=O)N2CCCC2)[nH]c2ccccc12. The van der Waals surface area contributed by atoms with Gasteiger partial charge in [-0.1, -0.05) is 12.1 Å². The molecule has 3 rings (SSSR count). The van der Waals surface area contributed by atoms with Crippen molar-refractivity contribution in [3.05, 3.63) is 30.0 Å². The minimum Gasteiger partial charge on any atom is -0.494 e. The van der Waals surface area contributed by atoms with E-state index in [-0.39, 0.29) is 5.91 Å². The number of amides is 1. The molecule has 1 N–H and O–H groups in total. The van der Waals surface area contributed by atoms with Crippen molar-refractivity contribution in [2.24, 2.45) is 0 Å². The zero-order valence-electron chi connectivity index (χ0n) is 10.4. The van der Waals surface area contributed by atoms with Crippen molar-refractivity contribution in [3.8, 4) is 5.75 Å². The fourth-order valence-corrected chi connectivity index (χ4v) is 2.56. The quantitative estimate of drug-likeness (QED) is 0.881. The molecule has 0 unspecified atom stereocenters. The second kappa shape index (κ2) is 4.37. The summed E-state index contributed by atoms with van der Waals surface area (Å²) in [4.78, 5) is 17.5. The maximum Gasteiger partial charge on any atom is 0.274 e. The van der Waals surface area contributed by atoms with Gasteiger partial charge in [-0.15, -0.1) is 0 Å². The number of methoxy groups -OCH3 is 1. The normalized spacial score (nSPS) is 15.3. The molecule has 0 bridgehead atoms. The molecule has 0 spiro atoms. The maximum absolute atomic E-state index is 12.4. The van der Waals surface area contributed by atoms with E-state index in [2.05, 4.69) is 4.98 Å². The van der Waals surface area contributed by atoms with Gasteiger partial charge in [0, 0.05) is 24.0 Å². The molecule has 1 amide bonds. The Morgan fingerprint density at radius 3 is 2.72 bits per heavy atom. The fourth-order valence-electron chi connectivity index (χ4n) is 2.56. The fraction of sp³-hybridized carbons (Fsp3) is 0.357. The number of H-pyrrole nitrogens is 1. The Hall–Kier alpha value is -1.97. The van der Waals surface area contributed by atoms with E-state index in [9.17, 15) is 4.79 Å². The number of aromatic nitrogens is 1. The Balaban J connectivity index is 2.07. The van der Waals surface area contributed by atoms with Gasteiger partial charge in [-0.3, -0.25) is 4.79 Å². The average molecular weight is 244 g/mol. The van der Waals surface area contributed by atoms with E-state index >= 15 is 0 Å². The summed E-state index contributed by atoms with van der Waals surface area (Å²) in [6.07, 6.45) is 2.18.